The number of amides is 1. The Morgan fingerprint density at radius 2 is 2.47 bits per heavy atom. The minimum absolute atomic E-state index is 0.333. The van der Waals surface area contributed by atoms with Crippen LogP contribution in [-0.2, 0) is 0 Å². The van der Waals surface area contributed by atoms with Gasteiger partial charge in [0.1, 0.15) is 11.5 Å². The first-order valence-corrected chi connectivity index (χ1v) is 5.87. The molecule has 0 radical (unpaired) electrons. The first kappa shape index (κ1) is 11.9. The lowest BCUT2D eigenvalue weighted by atomic mass is 10.1. The molecule has 1 aliphatic heterocycles. The van der Waals surface area contributed by atoms with Gasteiger partial charge in [0.25, 0.3) is 5.91 Å². The maximum Gasteiger partial charge on any atom is 0.267 e. The van der Waals surface area contributed by atoms with Gasteiger partial charge in [-0.05, 0) is 38.1 Å². The number of primary amides is 1. The molecular weight excluding hydrogens is 216 g/mol. The average molecular weight is 234 g/mol. The van der Waals surface area contributed by atoms with Crippen molar-refractivity contribution in [3.8, 4) is 0 Å². The fourth-order valence-corrected chi connectivity index (χ4v) is 2.23. The topological polar surface area (TPSA) is 71.2 Å². The number of anilines is 1. The molecule has 1 aromatic heterocycles. The van der Waals surface area contributed by atoms with Crippen molar-refractivity contribution in [2.75, 3.05) is 31.6 Å². The molecule has 5 heteroatoms. The van der Waals surface area contributed by atoms with Crippen molar-refractivity contribution in [2.45, 2.75) is 6.42 Å². The zero-order valence-electron chi connectivity index (χ0n) is 10.0. The van der Waals surface area contributed by atoms with Crippen molar-refractivity contribution in [3.63, 3.8) is 0 Å². The van der Waals surface area contributed by atoms with E-state index in [9.17, 15) is 4.79 Å². The molecule has 2 rings (SSSR count). The highest BCUT2D eigenvalue weighted by Gasteiger charge is 2.23. The van der Waals surface area contributed by atoms with Crippen LogP contribution >= 0.6 is 0 Å². The van der Waals surface area contributed by atoms with Gasteiger partial charge < -0.3 is 16.0 Å². The zero-order valence-corrected chi connectivity index (χ0v) is 10.0. The maximum atomic E-state index is 11.1. The van der Waals surface area contributed by atoms with Crippen LogP contribution in [0.25, 0.3) is 0 Å². The molecule has 17 heavy (non-hydrogen) atoms. The predicted octanol–water partition coefficient (Wildman–Crippen LogP) is 0.226. The number of pyridine rings is 1. The van der Waals surface area contributed by atoms with Crippen LogP contribution in [0, 0.1) is 5.92 Å². The molecule has 0 spiro atoms. The fourth-order valence-electron chi connectivity index (χ4n) is 2.23. The van der Waals surface area contributed by atoms with Crippen molar-refractivity contribution < 1.29 is 4.79 Å². The van der Waals surface area contributed by atoms with Crippen LogP contribution in [0.1, 0.15) is 16.9 Å². The summed E-state index contributed by atoms with van der Waals surface area (Å²) in [6.45, 7) is 2.99. The van der Waals surface area contributed by atoms with Gasteiger partial charge in [0.05, 0.1) is 0 Å². The molecule has 0 bridgehead atoms. The van der Waals surface area contributed by atoms with E-state index in [4.69, 9.17) is 5.73 Å². The van der Waals surface area contributed by atoms with Crippen LogP contribution in [0.15, 0.2) is 18.2 Å². The highest BCUT2D eigenvalue weighted by molar-refractivity contribution is 5.91. The van der Waals surface area contributed by atoms with E-state index in [-0.39, 0.29) is 0 Å². The average Bonchev–Trinajstić information content (AvgIpc) is 2.78. The Morgan fingerprint density at radius 3 is 3.18 bits per heavy atom. The molecule has 1 amide bonds. The summed E-state index contributed by atoms with van der Waals surface area (Å²) in [5.74, 6) is 1.02. The fraction of sp³-hybridized carbons (Fsp3) is 0.500. The molecule has 0 aliphatic carbocycles. The maximum absolute atomic E-state index is 11.1. The zero-order chi connectivity index (χ0) is 12.3. The highest BCUT2D eigenvalue weighted by Crippen LogP contribution is 2.21. The quantitative estimate of drug-likeness (QED) is 0.782. The van der Waals surface area contributed by atoms with Gasteiger partial charge in [0.2, 0.25) is 0 Å². The highest BCUT2D eigenvalue weighted by atomic mass is 16.1. The molecule has 1 unspecified atom stereocenters. The first-order valence-electron chi connectivity index (χ1n) is 5.87. The molecule has 5 nitrogen and oxygen atoms in total. The Balaban J connectivity index is 2.08. The van der Waals surface area contributed by atoms with E-state index < -0.39 is 5.91 Å². The smallest absolute Gasteiger partial charge is 0.267 e. The standard InChI is InChI=1S/C12H18N4O/c1-14-7-9-5-6-16(8-9)11-4-2-3-10(15-11)12(13)17/h2-4,9,14H,5-8H2,1H3,(H2,13,17). The lowest BCUT2D eigenvalue weighted by Crippen LogP contribution is -2.25. The first-order chi connectivity index (χ1) is 8.20. The van der Waals surface area contributed by atoms with Crippen LogP contribution in [0.4, 0.5) is 5.82 Å². The molecule has 1 atom stereocenters. The molecule has 3 N–H and O–H groups in total. The molecule has 1 fully saturated rings. The summed E-state index contributed by atoms with van der Waals surface area (Å²) in [6, 6.07) is 5.40. The van der Waals surface area contributed by atoms with Crippen LogP contribution in [0.3, 0.4) is 0 Å². The van der Waals surface area contributed by atoms with Crippen molar-refractivity contribution in [3.05, 3.63) is 23.9 Å². The Labute approximate surface area is 101 Å². The molecule has 2 heterocycles. The third kappa shape index (κ3) is 2.74. The molecule has 0 aromatic carbocycles. The monoisotopic (exact) mass is 234 g/mol. The number of carbonyl (C=O) groups excluding carboxylic acids is 1. The Hall–Kier alpha value is -1.62. The van der Waals surface area contributed by atoms with Crippen molar-refractivity contribution in [1.82, 2.24) is 10.3 Å². The Bertz CT molecular complexity index is 407. The summed E-state index contributed by atoms with van der Waals surface area (Å²) in [5.41, 5.74) is 5.56. The summed E-state index contributed by atoms with van der Waals surface area (Å²) in [6.07, 6.45) is 1.16. The number of carbonyl (C=O) groups is 1. The molecular formula is C12H18N4O. The summed E-state index contributed by atoms with van der Waals surface area (Å²) in [7, 11) is 1.97. The number of hydrogen-bond donors (Lipinski definition) is 2. The van der Waals surface area contributed by atoms with Crippen LogP contribution < -0.4 is 16.0 Å². The van der Waals surface area contributed by atoms with Crippen molar-refractivity contribution in [1.29, 1.82) is 0 Å². The second-order valence-electron chi connectivity index (χ2n) is 4.40. The Morgan fingerprint density at radius 1 is 1.65 bits per heavy atom. The minimum atomic E-state index is -0.474. The largest absolute Gasteiger partial charge is 0.364 e. The number of nitrogens with two attached hydrogens (primary N) is 1. The molecule has 1 aromatic rings. The lowest BCUT2D eigenvalue weighted by Gasteiger charge is -2.17. The molecule has 0 saturated carbocycles. The van der Waals surface area contributed by atoms with Gasteiger partial charge in [-0.3, -0.25) is 4.79 Å². The van der Waals surface area contributed by atoms with E-state index in [1.165, 1.54) is 0 Å². The third-order valence-corrected chi connectivity index (χ3v) is 3.09. The van der Waals surface area contributed by atoms with Crippen molar-refractivity contribution in [2.24, 2.45) is 11.7 Å². The normalized spacial score (nSPS) is 19.6. The van der Waals surface area contributed by atoms with E-state index in [0.29, 0.717) is 11.6 Å². The SMILES string of the molecule is CNCC1CCN(c2cccc(C(N)=O)n2)C1. The summed E-state index contributed by atoms with van der Waals surface area (Å²) in [5, 5.41) is 3.19. The van der Waals surface area contributed by atoms with Gasteiger partial charge in [-0.2, -0.15) is 0 Å². The Kier molecular flexibility index (Phi) is 3.58. The van der Waals surface area contributed by atoms with Crippen LogP contribution in [0.2, 0.25) is 0 Å². The number of rotatable bonds is 4. The van der Waals surface area contributed by atoms with E-state index >= 15 is 0 Å². The van der Waals surface area contributed by atoms with Gasteiger partial charge in [-0.1, -0.05) is 6.07 Å². The van der Waals surface area contributed by atoms with Gasteiger partial charge in [-0.25, -0.2) is 4.98 Å². The number of nitrogens with one attached hydrogen (secondary N) is 1. The second-order valence-corrected chi connectivity index (χ2v) is 4.40. The van der Waals surface area contributed by atoms with Gasteiger partial charge >= 0.3 is 0 Å². The summed E-state index contributed by atoms with van der Waals surface area (Å²) < 4.78 is 0. The van der Waals surface area contributed by atoms with Crippen LogP contribution in [-0.4, -0.2) is 37.6 Å². The summed E-state index contributed by atoms with van der Waals surface area (Å²) in [4.78, 5) is 17.5. The molecule has 92 valence electrons. The molecule has 1 saturated heterocycles. The van der Waals surface area contributed by atoms with E-state index in [1.54, 1.807) is 6.07 Å². The number of aromatic nitrogens is 1. The molecule has 1 aliphatic rings. The number of hydrogen-bond acceptors (Lipinski definition) is 4. The van der Waals surface area contributed by atoms with Gasteiger partial charge in [-0.15, -0.1) is 0 Å². The van der Waals surface area contributed by atoms with Crippen molar-refractivity contribution >= 4 is 11.7 Å². The van der Waals surface area contributed by atoms with E-state index in [1.807, 2.05) is 19.2 Å². The van der Waals surface area contributed by atoms with Gasteiger partial charge in [0, 0.05) is 13.1 Å². The summed E-state index contributed by atoms with van der Waals surface area (Å²) >= 11 is 0. The third-order valence-electron chi connectivity index (χ3n) is 3.09. The minimum Gasteiger partial charge on any atom is -0.364 e. The van der Waals surface area contributed by atoms with Crippen LogP contribution in [0.5, 0.6) is 0 Å². The van der Waals surface area contributed by atoms with E-state index in [2.05, 4.69) is 15.2 Å². The predicted molar refractivity (Wildman–Crippen MR) is 67.0 cm³/mol. The van der Waals surface area contributed by atoms with Gasteiger partial charge in [0.15, 0.2) is 0 Å². The number of nitrogens with zero attached hydrogens (tertiary/aromatic N) is 2. The lowest BCUT2D eigenvalue weighted by molar-refractivity contribution is 0.0995. The second kappa shape index (κ2) is 5.14. The van der Waals surface area contributed by atoms with E-state index in [0.717, 1.165) is 31.9 Å².